The highest BCUT2D eigenvalue weighted by atomic mass is 35.5. The number of rotatable bonds is 4. The fourth-order valence-corrected chi connectivity index (χ4v) is 2.91. The molecule has 0 bridgehead atoms. The van der Waals surface area contributed by atoms with Crippen LogP contribution in [-0.2, 0) is 9.59 Å². The van der Waals surface area contributed by atoms with E-state index in [9.17, 15) is 9.59 Å². The third-order valence-electron chi connectivity index (χ3n) is 3.71. The number of ether oxygens (including phenoxy) is 1. The molecule has 7 heteroatoms. The third kappa shape index (κ3) is 3.21. The normalized spacial score (nSPS) is 14.3. The fraction of sp³-hybridized carbons (Fsp3) is 0.111. The Bertz CT molecular complexity index is 909. The molecule has 2 aromatic carbocycles. The molecule has 0 saturated carbocycles. The summed E-state index contributed by atoms with van der Waals surface area (Å²) in [6, 6.07) is 11.9. The van der Waals surface area contributed by atoms with Crippen molar-refractivity contribution in [1.82, 2.24) is 0 Å². The van der Waals surface area contributed by atoms with Crippen LogP contribution in [0.3, 0.4) is 0 Å². The lowest BCUT2D eigenvalue weighted by Crippen LogP contribution is -2.32. The highest BCUT2D eigenvalue weighted by Gasteiger charge is 2.39. The summed E-state index contributed by atoms with van der Waals surface area (Å²) in [6.45, 7) is 1.90. The second-order valence-electron chi connectivity index (χ2n) is 5.44. The average Bonchev–Trinajstić information content (AvgIpc) is 2.79. The van der Waals surface area contributed by atoms with Crippen molar-refractivity contribution in [2.24, 2.45) is 0 Å². The lowest BCUT2D eigenvalue weighted by Gasteiger charge is -2.16. The van der Waals surface area contributed by atoms with Gasteiger partial charge >= 0.3 is 0 Å². The molecule has 1 heterocycles. The lowest BCUT2D eigenvalue weighted by atomic mass is 10.2. The van der Waals surface area contributed by atoms with Gasteiger partial charge in [0.2, 0.25) is 0 Å². The van der Waals surface area contributed by atoms with Crippen LogP contribution in [-0.4, -0.2) is 18.9 Å². The monoisotopic (exact) mass is 376 g/mol. The summed E-state index contributed by atoms with van der Waals surface area (Å²) in [5, 5.41) is 3.15. The van der Waals surface area contributed by atoms with E-state index in [1.807, 2.05) is 13.0 Å². The highest BCUT2D eigenvalue weighted by molar-refractivity contribution is 6.53. The van der Waals surface area contributed by atoms with Crippen LogP contribution in [0.2, 0.25) is 5.02 Å². The molecule has 0 atom stereocenters. The number of amides is 2. The van der Waals surface area contributed by atoms with Gasteiger partial charge in [0, 0.05) is 5.02 Å². The highest BCUT2D eigenvalue weighted by Crippen LogP contribution is 2.33. The van der Waals surface area contributed by atoms with Crippen molar-refractivity contribution in [2.45, 2.75) is 6.92 Å². The van der Waals surface area contributed by atoms with Gasteiger partial charge < -0.3 is 10.1 Å². The molecule has 5 nitrogen and oxygen atoms in total. The van der Waals surface area contributed by atoms with Gasteiger partial charge in [0.25, 0.3) is 11.8 Å². The van der Waals surface area contributed by atoms with Gasteiger partial charge in [-0.05, 0) is 42.8 Å². The number of hydrogen-bond acceptors (Lipinski definition) is 4. The van der Waals surface area contributed by atoms with E-state index in [1.54, 1.807) is 30.3 Å². The predicted octanol–water partition coefficient (Wildman–Crippen LogP) is 4.09. The third-order valence-corrected chi connectivity index (χ3v) is 4.29. The van der Waals surface area contributed by atoms with Crippen molar-refractivity contribution in [3.63, 3.8) is 0 Å². The summed E-state index contributed by atoms with van der Waals surface area (Å²) in [6.07, 6.45) is 0. The second kappa shape index (κ2) is 6.78. The topological polar surface area (TPSA) is 58.6 Å². The summed E-state index contributed by atoms with van der Waals surface area (Å²) in [5.41, 5.74) is 1.86. The smallest absolute Gasteiger partial charge is 0.283 e. The number of methoxy groups -OCH3 is 1. The molecule has 2 amide bonds. The van der Waals surface area contributed by atoms with E-state index in [0.29, 0.717) is 22.1 Å². The second-order valence-corrected chi connectivity index (χ2v) is 6.26. The molecule has 2 aromatic rings. The van der Waals surface area contributed by atoms with Gasteiger partial charge in [-0.2, -0.15) is 0 Å². The maximum Gasteiger partial charge on any atom is 0.283 e. The van der Waals surface area contributed by atoms with E-state index in [4.69, 9.17) is 27.9 Å². The maximum absolute atomic E-state index is 12.7. The first-order valence-corrected chi connectivity index (χ1v) is 8.13. The molecule has 1 aliphatic rings. The number of nitrogens with zero attached hydrogens (tertiary/aromatic N) is 1. The zero-order valence-corrected chi connectivity index (χ0v) is 15.0. The van der Waals surface area contributed by atoms with Crippen LogP contribution in [0.15, 0.2) is 53.2 Å². The van der Waals surface area contributed by atoms with E-state index in [1.165, 1.54) is 13.2 Å². The first-order chi connectivity index (χ1) is 11.9. The summed E-state index contributed by atoms with van der Waals surface area (Å²) < 4.78 is 5.28. The SMILES string of the molecule is COc1ccc(C)cc1NC1=C(Cl)C(=O)N(c2cccc(Cl)c2)C1=O. The molecule has 128 valence electrons. The minimum absolute atomic E-state index is 0.00413. The molecular formula is C18H14Cl2N2O3. The molecule has 3 rings (SSSR count). The molecular weight excluding hydrogens is 363 g/mol. The standard InChI is InChI=1S/C18H14Cl2N2O3/c1-10-6-7-14(25-2)13(8-10)21-16-15(20)17(23)22(18(16)24)12-5-3-4-11(19)9-12/h3-9,21H,1-2H3. The quantitative estimate of drug-likeness (QED) is 0.816. The van der Waals surface area contributed by atoms with E-state index >= 15 is 0 Å². The number of anilines is 2. The van der Waals surface area contributed by atoms with Gasteiger partial charge in [0.1, 0.15) is 16.5 Å². The molecule has 0 radical (unpaired) electrons. The predicted molar refractivity (Wildman–Crippen MR) is 98.2 cm³/mol. The minimum atomic E-state index is -0.608. The van der Waals surface area contributed by atoms with Crippen LogP contribution in [0.5, 0.6) is 5.75 Å². The number of imide groups is 1. The van der Waals surface area contributed by atoms with Crippen molar-refractivity contribution in [2.75, 3.05) is 17.3 Å². The zero-order chi connectivity index (χ0) is 18.1. The summed E-state index contributed by atoms with van der Waals surface area (Å²) in [4.78, 5) is 26.2. The van der Waals surface area contributed by atoms with E-state index in [2.05, 4.69) is 5.32 Å². The Kier molecular flexibility index (Phi) is 4.70. The molecule has 0 fully saturated rings. The number of aryl methyl sites for hydroxylation is 1. The summed E-state index contributed by atoms with van der Waals surface area (Å²) in [7, 11) is 1.52. The molecule has 25 heavy (non-hydrogen) atoms. The van der Waals surface area contributed by atoms with Crippen molar-refractivity contribution >= 4 is 46.4 Å². The van der Waals surface area contributed by atoms with Crippen molar-refractivity contribution in [3.8, 4) is 5.75 Å². The van der Waals surface area contributed by atoms with E-state index < -0.39 is 11.8 Å². The fourth-order valence-electron chi connectivity index (χ4n) is 2.52. The van der Waals surface area contributed by atoms with Crippen molar-refractivity contribution in [3.05, 3.63) is 63.8 Å². The number of benzene rings is 2. The number of carbonyl (C=O) groups is 2. The maximum atomic E-state index is 12.7. The number of halogens is 2. The van der Waals surface area contributed by atoms with Crippen LogP contribution >= 0.6 is 23.2 Å². The van der Waals surface area contributed by atoms with E-state index in [0.717, 1.165) is 10.5 Å². The summed E-state index contributed by atoms with van der Waals surface area (Å²) in [5.74, 6) is -0.632. The molecule has 1 aliphatic heterocycles. The van der Waals surface area contributed by atoms with Crippen LogP contribution < -0.4 is 15.0 Å². The Labute approximate surface area is 154 Å². The molecule has 0 saturated heterocycles. The van der Waals surface area contributed by atoms with E-state index in [-0.39, 0.29) is 10.7 Å². The van der Waals surface area contributed by atoms with Gasteiger partial charge in [-0.25, -0.2) is 4.90 Å². The van der Waals surface area contributed by atoms with Crippen LogP contribution in [0.1, 0.15) is 5.56 Å². The number of nitrogens with one attached hydrogen (secondary N) is 1. The molecule has 0 aliphatic carbocycles. The van der Waals surface area contributed by atoms with Crippen molar-refractivity contribution in [1.29, 1.82) is 0 Å². The molecule has 1 N–H and O–H groups in total. The van der Waals surface area contributed by atoms with Crippen molar-refractivity contribution < 1.29 is 14.3 Å². The first-order valence-electron chi connectivity index (χ1n) is 7.38. The average molecular weight is 377 g/mol. The lowest BCUT2D eigenvalue weighted by molar-refractivity contribution is -0.120. The Balaban J connectivity index is 1.97. The Morgan fingerprint density at radius 3 is 2.48 bits per heavy atom. The van der Waals surface area contributed by atoms with Crippen LogP contribution in [0.25, 0.3) is 0 Å². The zero-order valence-electron chi connectivity index (χ0n) is 13.5. The van der Waals surface area contributed by atoms with Gasteiger partial charge in [-0.15, -0.1) is 0 Å². The first kappa shape index (κ1) is 17.3. The summed E-state index contributed by atoms with van der Waals surface area (Å²) >= 11 is 12.1. The largest absolute Gasteiger partial charge is 0.495 e. The Morgan fingerprint density at radius 1 is 1.04 bits per heavy atom. The van der Waals surface area contributed by atoms with Gasteiger partial charge in [-0.3, -0.25) is 9.59 Å². The van der Waals surface area contributed by atoms with Gasteiger partial charge in [0.15, 0.2) is 0 Å². The Morgan fingerprint density at radius 2 is 1.80 bits per heavy atom. The Hall–Kier alpha value is -2.50. The number of hydrogen-bond donors (Lipinski definition) is 1. The van der Waals surface area contributed by atoms with Gasteiger partial charge in [0.05, 0.1) is 18.5 Å². The molecule has 0 unspecified atom stereocenters. The molecule has 0 spiro atoms. The minimum Gasteiger partial charge on any atom is -0.495 e. The van der Waals surface area contributed by atoms with Crippen LogP contribution in [0, 0.1) is 6.92 Å². The van der Waals surface area contributed by atoms with Crippen LogP contribution in [0.4, 0.5) is 11.4 Å². The molecule has 0 aromatic heterocycles. The number of carbonyl (C=O) groups excluding carboxylic acids is 2. The van der Waals surface area contributed by atoms with Gasteiger partial charge in [-0.1, -0.05) is 35.3 Å².